The number of hydrogen-bond donors (Lipinski definition) is 0. The molecule has 1 heteroatoms. The monoisotopic (exact) mass is 378 g/mol. The van der Waals surface area contributed by atoms with E-state index in [4.69, 9.17) is 0 Å². The van der Waals surface area contributed by atoms with Crippen molar-refractivity contribution in [3.05, 3.63) is 58.7 Å². The zero-order valence-corrected chi connectivity index (χ0v) is 17.5. The second-order valence-corrected chi connectivity index (χ2v) is 8.68. The molecular weight excluding hydrogens is 348 g/mol. The minimum Gasteiger partial charge on any atom is -0.0581 e. The molecule has 2 aromatic rings. The first-order valence-corrected chi connectivity index (χ1v) is 10.6. The van der Waals surface area contributed by atoms with E-state index in [2.05, 4.69) is 36.4 Å². The molecule has 3 aliphatic rings. The Morgan fingerprint density at radius 3 is 1.38 bits per heavy atom. The number of rotatable bonds is 2. The first kappa shape index (κ1) is 18.5. The molecule has 0 atom stereocenters. The van der Waals surface area contributed by atoms with Crippen molar-refractivity contribution in [1.29, 1.82) is 0 Å². The van der Waals surface area contributed by atoms with Crippen LogP contribution in [0.5, 0.6) is 0 Å². The normalized spacial score (nSPS) is 20.3. The van der Waals surface area contributed by atoms with E-state index in [1.807, 2.05) is 0 Å². The van der Waals surface area contributed by atoms with Crippen LogP contribution >= 0.6 is 0 Å². The van der Waals surface area contributed by atoms with E-state index in [9.17, 15) is 0 Å². The smallest absolute Gasteiger partial charge is 0 e. The zero-order chi connectivity index (χ0) is 16.6. The summed E-state index contributed by atoms with van der Waals surface area (Å²) in [6.45, 7) is 0. The summed E-state index contributed by atoms with van der Waals surface area (Å²) in [7, 11) is 0. The number of fused-ring (bicyclic) bond motifs is 3. The van der Waals surface area contributed by atoms with Gasteiger partial charge in [0.15, 0.2) is 0 Å². The van der Waals surface area contributed by atoms with Gasteiger partial charge in [0.05, 0.1) is 0 Å². The van der Waals surface area contributed by atoms with Crippen LogP contribution in [0.4, 0.5) is 0 Å². The van der Waals surface area contributed by atoms with Gasteiger partial charge in [0, 0.05) is 21.7 Å². The molecule has 2 saturated carbocycles. The van der Waals surface area contributed by atoms with Gasteiger partial charge in [-0.05, 0) is 77.3 Å². The Kier molecular flexibility index (Phi) is 5.72. The number of hydrogen-bond acceptors (Lipinski definition) is 0. The van der Waals surface area contributed by atoms with E-state index in [0.717, 1.165) is 18.3 Å². The summed E-state index contributed by atoms with van der Waals surface area (Å²) < 4.78 is 0. The SMILES string of the molecule is [Ti].c1cc2c(cc1C1CCCCC1)Cc1cc(C3CCCCC3)ccc1-2. The third-order valence-corrected chi connectivity index (χ3v) is 7.08. The molecule has 0 spiro atoms. The molecule has 0 N–H and O–H groups in total. The van der Waals surface area contributed by atoms with Gasteiger partial charge < -0.3 is 0 Å². The summed E-state index contributed by atoms with van der Waals surface area (Å²) in [6, 6.07) is 14.8. The van der Waals surface area contributed by atoms with Crippen molar-refractivity contribution in [2.75, 3.05) is 0 Å². The average Bonchev–Trinajstić information content (AvgIpc) is 3.06. The Balaban J connectivity index is 0.00000168. The van der Waals surface area contributed by atoms with Crippen molar-refractivity contribution in [2.24, 2.45) is 0 Å². The van der Waals surface area contributed by atoms with Crippen molar-refractivity contribution in [3.63, 3.8) is 0 Å². The van der Waals surface area contributed by atoms with Crippen LogP contribution in [-0.4, -0.2) is 0 Å². The minimum absolute atomic E-state index is 0. The predicted octanol–water partition coefficient (Wildman–Crippen LogP) is 7.35. The molecular formula is C25H30Ti. The van der Waals surface area contributed by atoms with E-state index in [0.29, 0.717) is 0 Å². The topological polar surface area (TPSA) is 0 Å². The van der Waals surface area contributed by atoms with Gasteiger partial charge in [0.25, 0.3) is 0 Å². The molecule has 0 bridgehead atoms. The largest absolute Gasteiger partial charge is 0.0581 e. The van der Waals surface area contributed by atoms with E-state index >= 15 is 0 Å². The molecule has 3 aliphatic carbocycles. The molecule has 0 radical (unpaired) electrons. The molecule has 0 aliphatic heterocycles. The van der Waals surface area contributed by atoms with E-state index in [1.54, 1.807) is 22.3 Å². The Labute approximate surface area is 173 Å². The zero-order valence-electron chi connectivity index (χ0n) is 15.9. The maximum absolute atomic E-state index is 2.55. The van der Waals surface area contributed by atoms with E-state index in [1.165, 1.54) is 75.3 Å². The Morgan fingerprint density at radius 2 is 0.962 bits per heavy atom. The first-order chi connectivity index (χ1) is 12.4. The van der Waals surface area contributed by atoms with Crippen LogP contribution in [0.1, 0.15) is 98.3 Å². The molecule has 0 unspecified atom stereocenters. The molecule has 0 amide bonds. The summed E-state index contributed by atoms with van der Waals surface area (Å²) >= 11 is 0. The third-order valence-electron chi connectivity index (χ3n) is 7.08. The molecule has 2 aromatic carbocycles. The summed E-state index contributed by atoms with van der Waals surface area (Å²) in [4.78, 5) is 0. The van der Waals surface area contributed by atoms with Gasteiger partial charge in [-0.1, -0.05) is 74.9 Å². The molecule has 0 saturated heterocycles. The van der Waals surface area contributed by atoms with Crippen molar-refractivity contribution < 1.29 is 21.7 Å². The fourth-order valence-electron chi connectivity index (χ4n) is 5.63. The van der Waals surface area contributed by atoms with E-state index < -0.39 is 0 Å². The minimum atomic E-state index is 0. The molecule has 2 fully saturated rings. The Hall–Kier alpha value is -0.846. The Bertz CT molecular complexity index is 698. The van der Waals surface area contributed by atoms with Crippen molar-refractivity contribution in [2.45, 2.75) is 82.5 Å². The maximum atomic E-state index is 2.55. The summed E-state index contributed by atoms with van der Waals surface area (Å²) in [5, 5.41) is 0. The van der Waals surface area contributed by atoms with E-state index in [-0.39, 0.29) is 21.7 Å². The van der Waals surface area contributed by atoms with Crippen molar-refractivity contribution in [3.8, 4) is 11.1 Å². The van der Waals surface area contributed by atoms with Crippen LogP contribution in [0.15, 0.2) is 36.4 Å². The number of benzene rings is 2. The van der Waals surface area contributed by atoms with Gasteiger partial charge in [-0.3, -0.25) is 0 Å². The van der Waals surface area contributed by atoms with Gasteiger partial charge in [-0.15, -0.1) is 0 Å². The van der Waals surface area contributed by atoms with Crippen LogP contribution < -0.4 is 0 Å². The van der Waals surface area contributed by atoms with Crippen molar-refractivity contribution >= 4 is 0 Å². The molecule has 134 valence electrons. The van der Waals surface area contributed by atoms with Gasteiger partial charge in [0.2, 0.25) is 0 Å². The van der Waals surface area contributed by atoms with Crippen LogP contribution in [0, 0.1) is 0 Å². The summed E-state index contributed by atoms with van der Waals surface area (Å²) in [5.41, 5.74) is 9.39. The molecule has 0 heterocycles. The first-order valence-electron chi connectivity index (χ1n) is 10.6. The van der Waals surface area contributed by atoms with Gasteiger partial charge in [-0.25, -0.2) is 0 Å². The van der Waals surface area contributed by atoms with Gasteiger partial charge in [-0.2, -0.15) is 0 Å². The summed E-state index contributed by atoms with van der Waals surface area (Å²) in [6.07, 6.45) is 15.3. The van der Waals surface area contributed by atoms with Crippen LogP contribution in [0.25, 0.3) is 11.1 Å². The molecule has 0 nitrogen and oxygen atoms in total. The molecule has 26 heavy (non-hydrogen) atoms. The summed E-state index contributed by atoms with van der Waals surface area (Å²) in [5.74, 6) is 1.64. The standard InChI is InChI=1S/C25H30.Ti/c1-3-7-18(8-4-1)20-11-13-24-22(15-20)17-23-16-21(12-14-25(23)24)19-9-5-2-6-10-19;/h11-16,18-19H,1-10,17H2;. The maximum Gasteiger partial charge on any atom is 0 e. The van der Waals surface area contributed by atoms with Gasteiger partial charge in [0.1, 0.15) is 0 Å². The molecule has 0 aromatic heterocycles. The van der Waals surface area contributed by atoms with Crippen LogP contribution in [0.2, 0.25) is 0 Å². The predicted molar refractivity (Wildman–Crippen MR) is 106 cm³/mol. The third kappa shape index (κ3) is 3.48. The second-order valence-electron chi connectivity index (χ2n) is 8.68. The Morgan fingerprint density at radius 1 is 0.538 bits per heavy atom. The van der Waals surface area contributed by atoms with Gasteiger partial charge >= 0.3 is 0 Å². The quantitative estimate of drug-likeness (QED) is 0.409. The average molecular weight is 378 g/mol. The molecule has 5 rings (SSSR count). The fourth-order valence-corrected chi connectivity index (χ4v) is 5.63. The van der Waals surface area contributed by atoms with Crippen molar-refractivity contribution in [1.82, 2.24) is 0 Å². The fraction of sp³-hybridized carbons (Fsp3) is 0.520. The van der Waals surface area contributed by atoms with Crippen LogP contribution in [-0.2, 0) is 28.1 Å². The second kappa shape index (κ2) is 8.03. The van der Waals surface area contributed by atoms with Crippen LogP contribution in [0.3, 0.4) is 0 Å².